The first kappa shape index (κ1) is 13.7. The van der Waals surface area contributed by atoms with Crippen LogP contribution < -0.4 is 9.47 Å². The van der Waals surface area contributed by atoms with Crippen LogP contribution in [0.4, 0.5) is 0 Å². The van der Waals surface area contributed by atoms with E-state index >= 15 is 0 Å². The number of hydrogen-bond acceptors (Lipinski definition) is 4. The molecule has 0 radical (unpaired) electrons. The topological polar surface area (TPSA) is 45.5 Å². The van der Waals surface area contributed by atoms with Crippen molar-refractivity contribution in [3.63, 3.8) is 0 Å². The van der Waals surface area contributed by atoms with Crippen LogP contribution >= 0.6 is 0 Å². The molecule has 102 valence electrons. The third kappa shape index (κ3) is 3.62. The second-order valence-corrected chi connectivity index (χ2v) is 4.96. The minimum atomic E-state index is 0.199. The molecule has 0 amide bonds. The minimum absolute atomic E-state index is 0.199. The fourth-order valence-corrected chi connectivity index (χ4v) is 2.41. The van der Waals surface area contributed by atoms with E-state index in [1.165, 1.54) is 0 Å². The van der Waals surface area contributed by atoms with Crippen molar-refractivity contribution in [3.8, 4) is 17.6 Å². The standard InChI is InChI=1S/C15H20N2O2/c1-17-9-3-4-13(11-17)19-15-10-12(7-8-16)5-6-14(15)18-2/h5-6,10,13H,3-4,7,9,11H2,1-2H3. The molecule has 1 heterocycles. The van der Waals surface area contributed by atoms with Gasteiger partial charge in [-0.25, -0.2) is 0 Å². The summed E-state index contributed by atoms with van der Waals surface area (Å²) in [5.74, 6) is 1.48. The smallest absolute Gasteiger partial charge is 0.161 e. The zero-order chi connectivity index (χ0) is 13.7. The Bertz CT molecular complexity index is 468. The maximum absolute atomic E-state index is 8.76. The molecule has 4 nitrogen and oxygen atoms in total. The molecule has 0 N–H and O–H groups in total. The summed E-state index contributed by atoms with van der Waals surface area (Å²) in [6, 6.07) is 7.84. The monoisotopic (exact) mass is 260 g/mol. The van der Waals surface area contributed by atoms with Gasteiger partial charge in [-0.3, -0.25) is 0 Å². The van der Waals surface area contributed by atoms with Crippen LogP contribution in [0, 0.1) is 11.3 Å². The molecule has 1 aromatic rings. The molecule has 1 atom stereocenters. The Balaban J connectivity index is 2.12. The summed E-state index contributed by atoms with van der Waals surface area (Å²) in [4.78, 5) is 2.28. The van der Waals surface area contributed by atoms with Crippen LogP contribution in [0.25, 0.3) is 0 Å². The molecule has 4 heteroatoms. The van der Waals surface area contributed by atoms with Crippen LogP contribution in [-0.4, -0.2) is 38.3 Å². The molecule has 0 saturated carbocycles. The molecule has 1 unspecified atom stereocenters. The number of likely N-dealkylation sites (tertiary alicyclic amines) is 1. The SMILES string of the molecule is COc1ccc(CC#N)cc1OC1CCCN(C)C1. The number of nitriles is 1. The second kappa shape index (κ2) is 6.44. The van der Waals surface area contributed by atoms with Crippen molar-refractivity contribution in [3.05, 3.63) is 23.8 Å². The van der Waals surface area contributed by atoms with Crippen LogP contribution in [-0.2, 0) is 6.42 Å². The highest BCUT2D eigenvalue weighted by molar-refractivity contribution is 5.43. The molecule has 1 aliphatic heterocycles. The maximum atomic E-state index is 8.76. The summed E-state index contributed by atoms with van der Waals surface area (Å²) in [5, 5.41) is 8.76. The van der Waals surface area contributed by atoms with E-state index in [9.17, 15) is 0 Å². The predicted molar refractivity (Wildman–Crippen MR) is 73.5 cm³/mol. The molecule has 2 rings (SSSR count). The lowest BCUT2D eigenvalue weighted by Gasteiger charge is -2.30. The van der Waals surface area contributed by atoms with E-state index < -0.39 is 0 Å². The Morgan fingerprint density at radius 1 is 1.42 bits per heavy atom. The summed E-state index contributed by atoms with van der Waals surface area (Å²) in [5.41, 5.74) is 0.961. The Kier molecular flexibility index (Phi) is 4.64. The normalized spacial score (nSPS) is 19.7. The highest BCUT2D eigenvalue weighted by Crippen LogP contribution is 2.30. The van der Waals surface area contributed by atoms with Gasteiger partial charge in [-0.15, -0.1) is 0 Å². The fraction of sp³-hybridized carbons (Fsp3) is 0.533. The first-order valence-electron chi connectivity index (χ1n) is 6.62. The Morgan fingerprint density at radius 2 is 2.26 bits per heavy atom. The van der Waals surface area contributed by atoms with Crippen LogP contribution in [0.3, 0.4) is 0 Å². The van der Waals surface area contributed by atoms with Crippen LogP contribution in [0.15, 0.2) is 18.2 Å². The van der Waals surface area contributed by atoms with E-state index in [-0.39, 0.29) is 6.10 Å². The molecule has 0 aromatic heterocycles. The van der Waals surface area contributed by atoms with Gasteiger partial charge in [0.25, 0.3) is 0 Å². The number of methoxy groups -OCH3 is 1. The van der Waals surface area contributed by atoms with E-state index in [1.54, 1.807) is 7.11 Å². The number of nitrogens with zero attached hydrogens (tertiary/aromatic N) is 2. The van der Waals surface area contributed by atoms with Gasteiger partial charge in [-0.1, -0.05) is 6.07 Å². The number of likely N-dealkylation sites (N-methyl/N-ethyl adjacent to an activating group) is 1. The average Bonchev–Trinajstić information content (AvgIpc) is 2.39. The Morgan fingerprint density at radius 3 is 2.95 bits per heavy atom. The highest BCUT2D eigenvalue weighted by atomic mass is 16.5. The maximum Gasteiger partial charge on any atom is 0.161 e. The van der Waals surface area contributed by atoms with Crippen molar-refractivity contribution >= 4 is 0 Å². The average molecular weight is 260 g/mol. The van der Waals surface area contributed by atoms with Crippen LogP contribution in [0.1, 0.15) is 18.4 Å². The first-order valence-corrected chi connectivity index (χ1v) is 6.62. The summed E-state index contributed by atoms with van der Waals surface area (Å²) in [7, 11) is 3.75. The van der Waals surface area contributed by atoms with Gasteiger partial charge < -0.3 is 14.4 Å². The van der Waals surface area contributed by atoms with Gasteiger partial charge in [-0.05, 0) is 44.1 Å². The molecule has 1 fully saturated rings. The summed E-state index contributed by atoms with van der Waals surface area (Å²) in [6.45, 7) is 2.07. The van der Waals surface area contributed by atoms with Gasteiger partial charge >= 0.3 is 0 Å². The van der Waals surface area contributed by atoms with Gasteiger partial charge in [0.15, 0.2) is 11.5 Å². The van der Waals surface area contributed by atoms with Crippen molar-refractivity contribution < 1.29 is 9.47 Å². The van der Waals surface area contributed by atoms with Crippen LogP contribution in [0.5, 0.6) is 11.5 Å². The molecule has 0 spiro atoms. The molecule has 1 aromatic carbocycles. The first-order chi connectivity index (χ1) is 9.22. The highest BCUT2D eigenvalue weighted by Gasteiger charge is 2.20. The van der Waals surface area contributed by atoms with Crippen molar-refractivity contribution in [2.24, 2.45) is 0 Å². The zero-order valence-electron chi connectivity index (χ0n) is 11.6. The molecule has 0 bridgehead atoms. The summed E-state index contributed by atoms with van der Waals surface area (Å²) < 4.78 is 11.4. The number of ether oxygens (including phenoxy) is 2. The number of benzene rings is 1. The third-order valence-corrected chi connectivity index (χ3v) is 3.39. The molecular weight excluding hydrogens is 240 g/mol. The number of piperidine rings is 1. The summed E-state index contributed by atoms with van der Waals surface area (Å²) in [6.07, 6.45) is 2.81. The van der Waals surface area contributed by atoms with Gasteiger partial charge in [-0.2, -0.15) is 5.26 Å². The summed E-state index contributed by atoms with van der Waals surface area (Å²) >= 11 is 0. The Labute approximate surface area is 114 Å². The number of rotatable bonds is 4. The van der Waals surface area contributed by atoms with E-state index in [0.717, 1.165) is 43.0 Å². The lowest BCUT2D eigenvalue weighted by Crippen LogP contribution is -2.38. The third-order valence-electron chi connectivity index (χ3n) is 3.39. The van der Waals surface area contributed by atoms with Crippen molar-refractivity contribution in [2.45, 2.75) is 25.4 Å². The van der Waals surface area contributed by atoms with Crippen molar-refractivity contribution in [1.82, 2.24) is 4.90 Å². The van der Waals surface area contributed by atoms with Gasteiger partial charge in [0.05, 0.1) is 19.6 Å². The lowest BCUT2D eigenvalue weighted by molar-refractivity contribution is 0.101. The van der Waals surface area contributed by atoms with Gasteiger partial charge in [0, 0.05) is 6.54 Å². The largest absolute Gasteiger partial charge is 0.493 e. The molecule has 0 aliphatic carbocycles. The second-order valence-electron chi connectivity index (χ2n) is 4.96. The zero-order valence-corrected chi connectivity index (χ0v) is 11.6. The van der Waals surface area contributed by atoms with Gasteiger partial charge in [0.2, 0.25) is 0 Å². The van der Waals surface area contributed by atoms with E-state index in [1.807, 2.05) is 18.2 Å². The molecular formula is C15H20N2O2. The Hall–Kier alpha value is -1.73. The fourth-order valence-electron chi connectivity index (χ4n) is 2.41. The lowest BCUT2D eigenvalue weighted by atomic mass is 10.1. The number of hydrogen-bond donors (Lipinski definition) is 0. The molecule has 19 heavy (non-hydrogen) atoms. The minimum Gasteiger partial charge on any atom is -0.493 e. The van der Waals surface area contributed by atoms with Gasteiger partial charge in [0.1, 0.15) is 6.10 Å². The van der Waals surface area contributed by atoms with E-state index in [4.69, 9.17) is 14.7 Å². The van der Waals surface area contributed by atoms with E-state index in [0.29, 0.717) is 6.42 Å². The van der Waals surface area contributed by atoms with E-state index in [2.05, 4.69) is 18.0 Å². The van der Waals surface area contributed by atoms with Crippen LogP contribution in [0.2, 0.25) is 0 Å². The predicted octanol–water partition coefficient (Wildman–Crippen LogP) is 2.23. The quantitative estimate of drug-likeness (QED) is 0.833. The van der Waals surface area contributed by atoms with Crippen molar-refractivity contribution in [1.29, 1.82) is 5.26 Å². The van der Waals surface area contributed by atoms with Crippen molar-refractivity contribution in [2.75, 3.05) is 27.2 Å². The molecule has 1 aliphatic rings. The molecule has 1 saturated heterocycles.